The minimum atomic E-state index is -0.339. The van der Waals surface area contributed by atoms with Crippen molar-refractivity contribution in [2.24, 2.45) is 0 Å². The molecule has 0 aliphatic rings. The molecule has 0 radical (unpaired) electrons. The second kappa shape index (κ2) is 7.44. The van der Waals surface area contributed by atoms with Crippen LogP contribution in [0.15, 0.2) is 53.3 Å². The van der Waals surface area contributed by atoms with Gasteiger partial charge in [0.1, 0.15) is 11.6 Å². The number of H-pyrrole nitrogens is 1. The number of imidazole rings is 1. The molecule has 0 unspecified atom stereocenters. The Labute approximate surface area is 165 Å². The second-order valence-corrected chi connectivity index (χ2v) is 6.69. The number of fused-ring (bicyclic) bond motifs is 1. The Morgan fingerprint density at radius 2 is 1.96 bits per heavy atom. The van der Waals surface area contributed by atoms with Crippen LogP contribution in [0.2, 0.25) is 5.02 Å². The summed E-state index contributed by atoms with van der Waals surface area (Å²) in [5.74, 6) is 0.640. The molecule has 6 nitrogen and oxygen atoms in total. The van der Waals surface area contributed by atoms with E-state index in [-0.39, 0.29) is 16.9 Å². The molecule has 2 heterocycles. The lowest BCUT2D eigenvalue weighted by molar-refractivity contribution is 0.626. The summed E-state index contributed by atoms with van der Waals surface area (Å²) in [6.45, 7) is 2.88. The third-order valence-electron chi connectivity index (χ3n) is 4.37. The zero-order chi connectivity index (χ0) is 19.7. The van der Waals surface area contributed by atoms with E-state index in [1.807, 2.05) is 23.6 Å². The minimum Gasteiger partial charge on any atom is -0.352 e. The first-order valence-electron chi connectivity index (χ1n) is 8.80. The van der Waals surface area contributed by atoms with Gasteiger partial charge in [0, 0.05) is 23.7 Å². The number of aromatic nitrogens is 4. The molecule has 0 atom stereocenters. The van der Waals surface area contributed by atoms with Gasteiger partial charge in [0.25, 0.3) is 5.56 Å². The third-order valence-corrected chi connectivity index (χ3v) is 4.63. The van der Waals surface area contributed by atoms with Crippen molar-refractivity contribution in [3.8, 4) is 11.4 Å². The predicted octanol–water partition coefficient (Wildman–Crippen LogP) is 4.21. The Morgan fingerprint density at radius 1 is 1.18 bits per heavy atom. The maximum atomic E-state index is 13.3. The fourth-order valence-corrected chi connectivity index (χ4v) is 3.17. The third kappa shape index (κ3) is 3.48. The lowest BCUT2D eigenvalue weighted by Crippen LogP contribution is -2.14. The molecule has 2 aromatic carbocycles. The van der Waals surface area contributed by atoms with Crippen molar-refractivity contribution in [3.63, 3.8) is 0 Å². The molecule has 2 aromatic heterocycles. The number of aromatic amines is 1. The summed E-state index contributed by atoms with van der Waals surface area (Å²) in [7, 11) is 0. The van der Waals surface area contributed by atoms with Crippen LogP contribution in [0.1, 0.15) is 12.5 Å². The van der Waals surface area contributed by atoms with E-state index >= 15 is 0 Å². The lowest BCUT2D eigenvalue weighted by Gasteiger charge is -2.08. The predicted molar refractivity (Wildman–Crippen MR) is 108 cm³/mol. The highest BCUT2D eigenvalue weighted by atomic mass is 35.5. The molecule has 142 valence electrons. The van der Waals surface area contributed by atoms with Crippen LogP contribution in [0, 0.1) is 5.82 Å². The van der Waals surface area contributed by atoms with Crippen LogP contribution in [0.5, 0.6) is 0 Å². The Kier molecular flexibility index (Phi) is 4.83. The maximum absolute atomic E-state index is 13.3. The van der Waals surface area contributed by atoms with E-state index in [4.69, 9.17) is 11.6 Å². The van der Waals surface area contributed by atoms with Gasteiger partial charge in [0.15, 0.2) is 11.2 Å². The Balaban J connectivity index is 1.73. The maximum Gasteiger partial charge on any atom is 0.280 e. The van der Waals surface area contributed by atoms with E-state index in [2.05, 4.69) is 20.3 Å². The van der Waals surface area contributed by atoms with Crippen molar-refractivity contribution < 1.29 is 4.39 Å². The number of halogens is 2. The molecular weight excluding hydrogens is 381 g/mol. The molecule has 0 saturated carbocycles. The molecule has 0 bridgehead atoms. The largest absolute Gasteiger partial charge is 0.352 e. The second-order valence-electron chi connectivity index (χ2n) is 6.26. The van der Waals surface area contributed by atoms with Gasteiger partial charge in [0.05, 0.1) is 0 Å². The van der Waals surface area contributed by atoms with Crippen LogP contribution in [0.3, 0.4) is 0 Å². The highest BCUT2D eigenvalue weighted by Gasteiger charge is 2.16. The van der Waals surface area contributed by atoms with Crippen molar-refractivity contribution in [2.45, 2.75) is 20.0 Å². The van der Waals surface area contributed by atoms with E-state index in [1.54, 1.807) is 24.3 Å². The highest BCUT2D eigenvalue weighted by Crippen LogP contribution is 2.24. The first kappa shape index (κ1) is 18.2. The van der Waals surface area contributed by atoms with Gasteiger partial charge in [-0.05, 0) is 48.9 Å². The van der Waals surface area contributed by atoms with E-state index in [0.717, 1.165) is 11.1 Å². The molecule has 0 saturated heterocycles. The van der Waals surface area contributed by atoms with Crippen LogP contribution in [0.25, 0.3) is 22.6 Å². The fourth-order valence-electron chi connectivity index (χ4n) is 3.05. The van der Waals surface area contributed by atoms with Crippen LogP contribution in [0.4, 0.5) is 10.3 Å². The Bertz CT molecular complexity index is 1200. The van der Waals surface area contributed by atoms with Gasteiger partial charge in [0.2, 0.25) is 5.95 Å². The smallest absolute Gasteiger partial charge is 0.280 e. The van der Waals surface area contributed by atoms with Crippen molar-refractivity contribution in [3.05, 3.63) is 75.3 Å². The Hall–Kier alpha value is -3.19. The summed E-state index contributed by atoms with van der Waals surface area (Å²) in [4.78, 5) is 24.2. The number of nitrogens with zero attached hydrogens (tertiary/aromatic N) is 3. The molecule has 0 fully saturated rings. The van der Waals surface area contributed by atoms with Crippen molar-refractivity contribution in [2.75, 3.05) is 5.32 Å². The number of aryl methyl sites for hydroxylation is 1. The number of hydrogen-bond donors (Lipinski definition) is 2. The van der Waals surface area contributed by atoms with E-state index in [0.29, 0.717) is 35.5 Å². The van der Waals surface area contributed by atoms with Gasteiger partial charge in [-0.25, -0.2) is 9.37 Å². The molecule has 4 aromatic rings. The van der Waals surface area contributed by atoms with Crippen molar-refractivity contribution in [1.82, 2.24) is 19.5 Å². The number of benzene rings is 2. The summed E-state index contributed by atoms with van der Waals surface area (Å²) in [6.07, 6.45) is 0. The average molecular weight is 398 g/mol. The van der Waals surface area contributed by atoms with Crippen LogP contribution < -0.4 is 10.9 Å². The summed E-state index contributed by atoms with van der Waals surface area (Å²) in [5.41, 5.74) is 2.00. The van der Waals surface area contributed by atoms with Crippen LogP contribution in [-0.2, 0) is 13.1 Å². The molecule has 28 heavy (non-hydrogen) atoms. The standard InChI is InChI=1S/C20H17ClFN5O/c1-2-27-17(13-6-8-14(21)9-7-13)24-16-18(27)25-20(26-19(16)28)23-11-12-4-3-5-15(22)10-12/h3-10H,2,11H2,1H3,(H2,23,25,26,28). The molecule has 0 aliphatic heterocycles. The van der Waals surface area contributed by atoms with Gasteiger partial charge in [-0.15, -0.1) is 0 Å². The summed E-state index contributed by atoms with van der Waals surface area (Å²) < 4.78 is 15.2. The molecule has 0 amide bonds. The number of rotatable bonds is 5. The SMILES string of the molecule is CCn1c(-c2ccc(Cl)cc2)nc2c(=O)[nH]c(NCc3cccc(F)c3)nc21. The Morgan fingerprint density at radius 3 is 2.68 bits per heavy atom. The monoisotopic (exact) mass is 397 g/mol. The first-order chi connectivity index (χ1) is 13.5. The van der Waals surface area contributed by atoms with Crippen molar-refractivity contribution >= 4 is 28.7 Å². The topological polar surface area (TPSA) is 75.6 Å². The number of anilines is 1. The van der Waals surface area contributed by atoms with E-state index < -0.39 is 0 Å². The quantitative estimate of drug-likeness (QED) is 0.529. The lowest BCUT2D eigenvalue weighted by atomic mass is 10.2. The molecule has 2 N–H and O–H groups in total. The first-order valence-corrected chi connectivity index (χ1v) is 9.17. The summed E-state index contributed by atoms with van der Waals surface area (Å²) in [5, 5.41) is 3.66. The van der Waals surface area contributed by atoms with Crippen LogP contribution >= 0.6 is 11.6 Å². The zero-order valence-corrected chi connectivity index (χ0v) is 15.8. The fraction of sp³-hybridized carbons (Fsp3) is 0.150. The molecule has 0 aliphatic carbocycles. The number of nitrogens with one attached hydrogen (secondary N) is 2. The molecule has 4 rings (SSSR count). The highest BCUT2D eigenvalue weighted by molar-refractivity contribution is 6.30. The molecule has 8 heteroatoms. The minimum absolute atomic E-state index is 0.267. The van der Waals surface area contributed by atoms with Gasteiger partial charge in [-0.1, -0.05) is 23.7 Å². The molecule has 0 spiro atoms. The van der Waals surface area contributed by atoms with Gasteiger partial charge in [-0.2, -0.15) is 4.98 Å². The van der Waals surface area contributed by atoms with Crippen LogP contribution in [-0.4, -0.2) is 19.5 Å². The van der Waals surface area contributed by atoms with Gasteiger partial charge in [-0.3, -0.25) is 9.78 Å². The zero-order valence-electron chi connectivity index (χ0n) is 15.0. The average Bonchev–Trinajstić information content (AvgIpc) is 3.06. The van der Waals surface area contributed by atoms with Gasteiger partial charge < -0.3 is 9.88 Å². The summed E-state index contributed by atoms with van der Waals surface area (Å²) >= 11 is 5.97. The summed E-state index contributed by atoms with van der Waals surface area (Å²) in [6, 6.07) is 13.5. The van der Waals surface area contributed by atoms with E-state index in [1.165, 1.54) is 12.1 Å². The molecular formula is C20H17ClFN5O. The van der Waals surface area contributed by atoms with Gasteiger partial charge >= 0.3 is 0 Å². The normalized spacial score (nSPS) is 11.1. The van der Waals surface area contributed by atoms with E-state index in [9.17, 15) is 9.18 Å². The number of hydrogen-bond acceptors (Lipinski definition) is 4. The van der Waals surface area contributed by atoms with Crippen molar-refractivity contribution in [1.29, 1.82) is 0 Å².